The number of aromatic amines is 1. The van der Waals surface area contributed by atoms with Crippen molar-refractivity contribution in [3.05, 3.63) is 83.0 Å². The second kappa shape index (κ2) is 7.30. The van der Waals surface area contributed by atoms with Crippen molar-refractivity contribution < 1.29 is 0 Å². The van der Waals surface area contributed by atoms with E-state index in [0.29, 0.717) is 6.04 Å². The molecule has 0 saturated heterocycles. The van der Waals surface area contributed by atoms with E-state index in [-0.39, 0.29) is 0 Å². The minimum Gasteiger partial charge on any atom is -0.360 e. The summed E-state index contributed by atoms with van der Waals surface area (Å²) in [6.45, 7) is 0.936. The predicted molar refractivity (Wildman–Crippen MR) is 108 cm³/mol. The van der Waals surface area contributed by atoms with E-state index in [1.54, 1.807) is 0 Å². The van der Waals surface area contributed by atoms with Crippen LogP contribution in [0.3, 0.4) is 0 Å². The van der Waals surface area contributed by atoms with Crippen LogP contribution in [-0.4, -0.2) is 17.6 Å². The summed E-state index contributed by atoms with van der Waals surface area (Å²) in [4.78, 5) is 3.21. The molecule has 0 radical (unpaired) electrons. The maximum Gasteiger partial charge on any atom is 0.0649 e. The van der Waals surface area contributed by atoms with Gasteiger partial charge in [-0.25, -0.2) is 0 Å². The standard InChI is InChI=1S/C22H21ClN2/c23-21-10-9-17(20-12-14-25-22(20)21)7-4-8-19-15-18(11-13-24-19)16-5-2-1-3-6-16/h1-7,9-12,14,19,24-25H,8,13,15H2/b7-4+. The van der Waals surface area contributed by atoms with Crippen LogP contribution in [0.25, 0.3) is 22.6 Å². The summed E-state index contributed by atoms with van der Waals surface area (Å²) >= 11 is 6.23. The van der Waals surface area contributed by atoms with Crippen molar-refractivity contribution in [1.82, 2.24) is 10.3 Å². The molecule has 0 saturated carbocycles. The highest BCUT2D eigenvalue weighted by Gasteiger charge is 2.14. The molecule has 1 aliphatic rings. The van der Waals surface area contributed by atoms with Crippen molar-refractivity contribution in [3.63, 3.8) is 0 Å². The molecule has 3 aromatic rings. The molecule has 1 atom stereocenters. The highest BCUT2D eigenvalue weighted by Crippen LogP contribution is 2.27. The van der Waals surface area contributed by atoms with E-state index in [1.165, 1.54) is 22.1 Å². The minimum atomic E-state index is 0.477. The summed E-state index contributed by atoms with van der Waals surface area (Å²) in [7, 11) is 0. The van der Waals surface area contributed by atoms with Gasteiger partial charge in [0.1, 0.15) is 0 Å². The highest BCUT2D eigenvalue weighted by molar-refractivity contribution is 6.35. The molecule has 0 bridgehead atoms. The maximum absolute atomic E-state index is 6.23. The van der Waals surface area contributed by atoms with Gasteiger partial charge < -0.3 is 10.3 Å². The molecule has 2 aromatic carbocycles. The second-order valence-electron chi connectivity index (χ2n) is 6.45. The zero-order chi connectivity index (χ0) is 17.1. The zero-order valence-electron chi connectivity index (χ0n) is 14.0. The van der Waals surface area contributed by atoms with E-state index in [4.69, 9.17) is 11.6 Å². The van der Waals surface area contributed by atoms with Crippen molar-refractivity contribution in [2.75, 3.05) is 6.54 Å². The SMILES string of the molecule is Clc1ccc(/C=C/CC2CC(c3ccccc3)=CCN2)c2cc[nH]c12. The van der Waals surface area contributed by atoms with Gasteiger partial charge in [0.05, 0.1) is 10.5 Å². The van der Waals surface area contributed by atoms with Gasteiger partial charge in [-0.3, -0.25) is 0 Å². The lowest BCUT2D eigenvalue weighted by Crippen LogP contribution is -2.32. The highest BCUT2D eigenvalue weighted by atomic mass is 35.5. The monoisotopic (exact) mass is 348 g/mol. The first-order valence-electron chi connectivity index (χ1n) is 8.71. The van der Waals surface area contributed by atoms with Gasteiger partial charge in [-0.15, -0.1) is 0 Å². The number of rotatable bonds is 4. The first-order chi connectivity index (χ1) is 12.3. The van der Waals surface area contributed by atoms with E-state index in [9.17, 15) is 0 Å². The molecule has 1 unspecified atom stereocenters. The van der Waals surface area contributed by atoms with Gasteiger partial charge in [0.25, 0.3) is 0 Å². The molecule has 0 fully saturated rings. The van der Waals surface area contributed by atoms with Crippen molar-refractivity contribution in [2.45, 2.75) is 18.9 Å². The number of hydrogen-bond acceptors (Lipinski definition) is 1. The van der Waals surface area contributed by atoms with Gasteiger partial charge >= 0.3 is 0 Å². The summed E-state index contributed by atoms with van der Waals surface area (Å²) in [5.41, 5.74) is 4.99. The van der Waals surface area contributed by atoms with E-state index in [0.717, 1.165) is 29.9 Å². The summed E-state index contributed by atoms with van der Waals surface area (Å²) in [5, 5.41) is 5.53. The molecule has 2 heterocycles. The van der Waals surface area contributed by atoms with E-state index in [2.05, 4.69) is 71.0 Å². The largest absolute Gasteiger partial charge is 0.360 e. The average Bonchev–Trinajstić information content (AvgIpc) is 3.16. The van der Waals surface area contributed by atoms with Crippen LogP contribution in [-0.2, 0) is 0 Å². The fourth-order valence-electron chi connectivity index (χ4n) is 3.47. The molecular weight excluding hydrogens is 328 g/mol. The molecule has 0 spiro atoms. The summed E-state index contributed by atoms with van der Waals surface area (Å²) in [5.74, 6) is 0. The molecule has 4 rings (SSSR count). The molecule has 0 amide bonds. The number of nitrogens with one attached hydrogen (secondary N) is 2. The molecule has 2 N–H and O–H groups in total. The Morgan fingerprint density at radius 3 is 2.84 bits per heavy atom. The summed E-state index contributed by atoms with van der Waals surface area (Å²) < 4.78 is 0. The first-order valence-corrected chi connectivity index (χ1v) is 9.09. The van der Waals surface area contributed by atoms with Crippen molar-refractivity contribution in [3.8, 4) is 0 Å². The molecule has 1 aliphatic heterocycles. The van der Waals surface area contributed by atoms with Gasteiger partial charge in [-0.2, -0.15) is 0 Å². The quantitative estimate of drug-likeness (QED) is 0.624. The van der Waals surface area contributed by atoms with E-state index < -0.39 is 0 Å². The molecule has 126 valence electrons. The number of halogens is 1. The number of aromatic nitrogens is 1. The lowest BCUT2D eigenvalue weighted by atomic mass is 9.93. The third kappa shape index (κ3) is 3.55. The van der Waals surface area contributed by atoms with Gasteiger partial charge in [-0.1, -0.05) is 66.2 Å². The number of fused-ring (bicyclic) bond motifs is 1. The predicted octanol–water partition coefficient (Wildman–Crippen LogP) is 5.67. The molecule has 3 heteroatoms. The van der Waals surface area contributed by atoms with Crippen LogP contribution in [0.1, 0.15) is 24.0 Å². The van der Waals surface area contributed by atoms with Crippen LogP contribution in [0, 0.1) is 0 Å². The maximum atomic E-state index is 6.23. The summed E-state index contributed by atoms with van der Waals surface area (Å²) in [6, 6.07) is 17.3. The molecule has 25 heavy (non-hydrogen) atoms. The van der Waals surface area contributed by atoms with Crippen LogP contribution in [0.4, 0.5) is 0 Å². The molecule has 0 aliphatic carbocycles. The Labute approximate surface area is 153 Å². The zero-order valence-corrected chi connectivity index (χ0v) is 14.8. The fraction of sp³-hybridized carbons (Fsp3) is 0.182. The Balaban J connectivity index is 1.44. The smallest absolute Gasteiger partial charge is 0.0649 e. The Morgan fingerprint density at radius 2 is 1.96 bits per heavy atom. The van der Waals surface area contributed by atoms with Crippen molar-refractivity contribution in [2.24, 2.45) is 0 Å². The topological polar surface area (TPSA) is 27.8 Å². The van der Waals surface area contributed by atoms with Crippen LogP contribution < -0.4 is 5.32 Å². The first kappa shape index (κ1) is 16.2. The molecular formula is C22H21ClN2. The summed E-state index contributed by atoms with van der Waals surface area (Å²) in [6.07, 6.45) is 10.8. The Morgan fingerprint density at radius 1 is 1.08 bits per heavy atom. The van der Waals surface area contributed by atoms with E-state index >= 15 is 0 Å². The average molecular weight is 349 g/mol. The van der Waals surface area contributed by atoms with Crippen LogP contribution >= 0.6 is 11.6 Å². The normalized spacial score (nSPS) is 18.0. The van der Waals surface area contributed by atoms with Crippen LogP contribution in [0.5, 0.6) is 0 Å². The lowest BCUT2D eigenvalue weighted by Gasteiger charge is -2.23. The van der Waals surface area contributed by atoms with Gasteiger partial charge in [0.2, 0.25) is 0 Å². The van der Waals surface area contributed by atoms with Crippen LogP contribution in [0.15, 0.2) is 66.9 Å². The Hall–Kier alpha value is -2.29. The number of hydrogen-bond donors (Lipinski definition) is 2. The third-order valence-electron chi connectivity index (χ3n) is 4.79. The molecule has 2 nitrogen and oxygen atoms in total. The number of benzene rings is 2. The van der Waals surface area contributed by atoms with E-state index in [1.807, 2.05) is 12.3 Å². The minimum absolute atomic E-state index is 0.477. The van der Waals surface area contributed by atoms with Crippen LogP contribution in [0.2, 0.25) is 5.02 Å². The Kier molecular flexibility index (Phi) is 4.73. The van der Waals surface area contributed by atoms with Crippen molar-refractivity contribution >= 4 is 34.2 Å². The third-order valence-corrected chi connectivity index (χ3v) is 5.10. The fourth-order valence-corrected chi connectivity index (χ4v) is 3.69. The Bertz CT molecular complexity index is 922. The second-order valence-corrected chi connectivity index (χ2v) is 6.85. The van der Waals surface area contributed by atoms with Gasteiger partial charge in [-0.05, 0) is 41.7 Å². The van der Waals surface area contributed by atoms with Gasteiger partial charge in [0, 0.05) is 24.2 Å². The number of H-pyrrole nitrogens is 1. The molecule has 1 aromatic heterocycles. The van der Waals surface area contributed by atoms with Gasteiger partial charge in [0.15, 0.2) is 0 Å². The van der Waals surface area contributed by atoms with Crippen molar-refractivity contribution in [1.29, 1.82) is 0 Å². The lowest BCUT2D eigenvalue weighted by molar-refractivity contribution is 0.542.